The van der Waals surface area contributed by atoms with Crippen molar-refractivity contribution in [2.24, 2.45) is 0 Å². The van der Waals surface area contributed by atoms with Crippen molar-refractivity contribution in [1.82, 2.24) is 5.32 Å². The standard InChI is InChI=1S/C18H21N3O4/c1-19-18(23)12-4-6-13(7-5-12)21-17(22)11-20-15-10-14(24-2)8-9-16(15)25-3/h4-10,20H,11H2,1-3H3,(H,19,23)(H,21,22). The summed E-state index contributed by atoms with van der Waals surface area (Å²) in [7, 11) is 4.69. The van der Waals surface area contributed by atoms with Gasteiger partial charge in [0, 0.05) is 24.4 Å². The first-order valence-corrected chi connectivity index (χ1v) is 7.65. The Hall–Kier alpha value is -3.22. The van der Waals surface area contributed by atoms with Gasteiger partial charge in [-0.15, -0.1) is 0 Å². The van der Waals surface area contributed by atoms with Crippen LogP contribution in [0.15, 0.2) is 42.5 Å². The van der Waals surface area contributed by atoms with Crippen LogP contribution in [0.2, 0.25) is 0 Å². The number of nitrogens with one attached hydrogen (secondary N) is 3. The lowest BCUT2D eigenvalue weighted by atomic mass is 10.2. The molecule has 2 aromatic carbocycles. The smallest absolute Gasteiger partial charge is 0.251 e. The third kappa shape index (κ3) is 4.87. The molecule has 25 heavy (non-hydrogen) atoms. The molecule has 0 saturated carbocycles. The van der Waals surface area contributed by atoms with Gasteiger partial charge in [0.1, 0.15) is 11.5 Å². The van der Waals surface area contributed by atoms with Crippen LogP contribution < -0.4 is 25.4 Å². The van der Waals surface area contributed by atoms with Crippen LogP contribution >= 0.6 is 0 Å². The van der Waals surface area contributed by atoms with Gasteiger partial charge in [0.25, 0.3) is 5.91 Å². The minimum absolute atomic E-state index is 0.0563. The van der Waals surface area contributed by atoms with Gasteiger partial charge in [-0.3, -0.25) is 9.59 Å². The molecule has 2 amide bonds. The van der Waals surface area contributed by atoms with Crippen molar-refractivity contribution in [3.8, 4) is 11.5 Å². The molecule has 2 rings (SSSR count). The molecule has 132 valence electrons. The Labute approximate surface area is 146 Å². The number of carbonyl (C=O) groups excluding carboxylic acids is 2. The molecular weight excluding hydrogens is 322 g/mol. The molecule has 0 atom stereocenters. The van der Waals surface area contributed by atoms with Crippen molar-refractivity contribution in [2.75, 3.05) is 38.4 Å². The fourth-order valence-electron chi connectivity index (χ4n) is 2.18. The fourth-order valence-corrected chi connectivity index (χ4v) is 2.18. The summed E-state index contributed by atoms with van der Waals surface area (Å²) >= 11 is 0. The quantitative estimate of drug-likeness (QED) is 0.717. The van der Waals surface area contributed by atoms with E-state index < -0.39 is 0 Å². The molecule has 0 fully saturated rings. The van der Waals surface area contributed by atoms with Gasteiger partial charge in [-0.05, 0) is 36.4 Å². The Kier molecular flexibility index (Phi) is 6.22. The highest BCUT2D eigenvalue weighted by molar-refractivity contribution is 5.96. The molecule has 0 aromatic heterocycles. The number of methoxy groups -OCH3 is 2. The molecule has 7 nitrogen and oxygen atoms in total. The SMILES string of the molecule is CNC(=O)c1ccc(NC(=O)CNc2cc(OC)ccc2OC)cc1. The third-order valence-corrected chi connectivity index (χ3v) is 3.50. The summed E-state index contributed by atoms with van der Waals surface area (Å²) in [5, 5.41) is 8.32. The molecule has 0 aliphatic rings. The molecule has 0 heterocycles. The van der Waals surface area contributed by atoms with Crippen LogP contribution in [0.4, 0.5) is 11.4 Å². The number of anilines is 2. The number of carbonyl (C=O) groups is 2. The van der Waals surface area contributed by atoms with Crippen LogP contribution in [-0.2, 0) is 4.79 Å². The first-order chi connectivity index (χ1) is 12.1. The zero-order chi connectivity index (χ0) is 18.2. The van der Waals surface area contributed by atoms with E-state index in [1.807, 2.05) is 0 Å². The first-order valence-electron chi connectivity index (χ1n) is 7.65. The molecule has 0 spiro atoms. The van der Waals surface area contributed by atoms with Crippen molar-refractivity contribution >= 4 is 23.2 Å². The molecule has 0 aliphatic carbocycles. The monoisotopic (exact) mass is 343 g/mol. The molecule has 0 saturated heterocycles. The molecule has 0 radical (unpaired) electrons. The summed E-state index contributed by atoms with van der Waals surface area (Å²) in [4.78, 5) is 23.6. The molecule has 3 N–H and O–H groups in total. The fraction of sp³-hybridized carbons (Fsp3) is 0.222. The highest BCUT2D eigenvalue weighted by Crippen LogP contribution is 2.28. The Bertz CT molecular complexity index is 744. The average Bonchev–Trinajstić information content (AvgIpc) is 2.66. The molecule has 0 bridgehead atoms. The summed E-state index contributed by atoms with van der Waals surface area (Å²) in [5.74, 6) is 0.874. The molecule has 0 aliphatic heterocycles. The van der Waals surface area contributed by atoms with E-state index in [0.29, 0.717) is 28.4 Å². The van der Waals surface area contributed by atoms with Crippen LogP contribution in [0, 0.1) is 0 Å². The maximum Gasteiger partial charge on any atom is 0.251 e. The van der Waals surface area contributed by atoms with Crippen molar-refractivity contribution in [3.05, 3.63) is 48.0 Å². The summed E-state index contributed by atoms with van der Waals surface area (Å²) in [6.45, 7) is 0.0563. The Morgan fingerprint density at radius 1 is 1.00 bits per heavy atom. The van der Waals surface area contributed by atoms with Crippen molar-refractivity contribution in [3.63, 3.8) is 0 Å². The van der Waals surface area contributed by atoms with Gasteiger partial charge in [-0.1, -0.05) is 0 Å². The molecule has 7 heteroatoms. The normalized spacial score (nSPS) is 9.88. The van der Waals surface area contributed by atoms with Gasteiger partial charge in [0.15, 0.2) is 0 Å². The number of hydrogen-bond donors (Lipinski definition) is 3. The Balaban J connectivity index is 1.96. The summed E-state index contributed by atoms with van der Waals surface area (Å²) in [6, 6.07) is 11.9. The van der Waals surface area contributed by atoms with Crippen molar-refractivity contribution < 1.29 is 19.1 Å². The predicted octanol–water partition coefficient (Wildman–Crippen LogP) is 2.11. The number of hydrogen-bond acceptors (Lipinski definition) is 5. The lowest BCUT2D eigenvalue weighted by Gasteiger charge is -2.13. The average molecular weight is 343 g/mol. The van der Waals surface area contributed by atoms with E-state index in [1.54, 1.807) is 63.7 Å². The van der Waals surface area contributed by atoms with E-state index in [9.17, 15) is 9.59 Å². The zero-order valence-electron chi connectivity index (χ0n) is 14.4. The Morgan fingerprint density at radius 3 is 2.32 bits per heavy atom. The summed E-state index contributed by atoms with van der Waals surface area (Å²) in [6.07, 6.45) is 0. The van der Waals surface area contributed by atoms with E-state index >= 15 is 0 Å². The molecule has 2 aromatic rings. The van der Waals surface area contributed by atoms with Gasteiger partial charge < -0.3 is 25.4 Å². The largest absolute Gasteiger partial charge is 0.497 e. The maximum atomic E-state index is 12.1. The van der Waals surface area contributed by atoms with E-state index in [4.69, 9.17) is 9.47 Å². The van der Waals surface area contributed by atoms with Gasteiger partial charge in [-0.2, -0.15) is 0 Å². The summed E-state index contributed by atoms with van der Waals surface area (Å²) < 4.78 is 10.4. The number of rotatable bonds is 7. The van der Waals surface area contributed by atoms with Gasteiger partial charge in [0.2, 0.25) is 5.91 Å². The van der Waals surface area contributed by atoms with Crippen LogP contribution in [0.3, 0.4) is 0 Å². The second-order valence-corrected chi connectivity index (χ2v) is 5.12. The van der Waals surface area contributed by atoms with Gasteiger partial charge >= 0.3 is 0 Å². The van der Waals surface area contributed by atoms with Crippen LogP contribution in [0.5, 0.6) is 11.5 Å². The minimum atomic E-state index is -0.224. The number of amides is 2. The van der Waals surface area contributed by atoms with Crippen molar-refractivity contribution in [1.29, 1.82) is 0 Å². The molecular formula is C18H21N3O4. The zero-order valence-corrected chi connectivity index (χ0v) is 14.4. The van der Waals surface area contributed by atoms with E-state index in [1.165, 1.54) is 0 Å². The van der Waals surface area contributed by atoms with Crippen LogP contribution in [0.1, 0.15) is 10.4 Å². The third-order valence-electron chi connectivity index (χ3n) is 3.50. The number of benzene rings is 2. The van der Waals surface area contributed by atoms with Crippen LogP contribution in [0.25, 0.3) is 0 Å². The highest BCUT2D eigenvalue weighted by Gasteiger charge is 2.08. The topological polar surface area (TPSA) is 88.7 Å². The van der Waals surface area contributed by atoms with E-state index in [0.717, 1.165) is 0 Å². The second-order valence-electron chi connectivity index (χ2n) is 5.12. The first kappa shape index (κ1) is 18.1. The van der Waals surface area contributed by atoms with Crippen molar-refractivity contribution in [2.45, 2.75) is 0 Å². The van der Waals surface area contributed by atoms with E-state index in [2.05, 4.69) is 16.0 Å². The molecule has 0 unspecified atom stereocenters. The van der Waals surface area contributed by atoms with Gasteiger partial charge in [-0.25, -0.2) is 0 Å². The maximum absolute atomic E-state index is 12.1. The van der Waals surface area contributed by atoms with Gasteiger partial charge in [0.05, 0.1) is 26.5 Å². The highest BCUT2D eigenvalue weighted by atomic mass is 16.5. The van der Waals surface area contributed by atoms with E-state index in [-0.39, 0.29) is 18.4 Å². The Morgan fingerprint density at radius 2 is 1.72 bits per heavy atom. The lowest BCUT2D eigenvalue weighted by molar-refractivity contribution is -0.114. The predicted molar refractivity (Wildman–Crippen MR) is 96.5 cm³/mol. The lowest BCUT2D eigenvalue weighted by Crippen LogP contribution is -2.22. The number of ether oxygens (including phenoxy) is 2. The summed E-state index contributed by atoms with van der Waals surface area (Å²) in [5.41, 5.74) is 1.80. The second kappa shape index (κ2) is 8.58. The minimum Gasteiger partial charge on any atom is -0.497 e. The van der Waals surface area contributed by atoms with Crippen LogP contribution in [-0.4, -0.2) is 39.6 Å².